The van der Waals surface area contributed by atoms with Crippen molar-refractivity contribution in [2.24, 2.45) is 0 Å². The lowest BCUT2D eigenvalue weighted by molar-refractivity contribution is -0.384. The smallest absolute Gasteiger partial charge is 0.270 e. The van der Waals surface area contributed by atoms with Gasteiger partial charge in [-0.25, -0.2) is 12.8 Å². The van der Waals surface area contributed by atoms with Gasteiger partial charge in [-0.3, -0.25) is 14.9 Å². The number of methoxy groups -OCH3 is 3. The molecular formula is C28H25FN2O8S. The fourth-order valence-electron chi connectivity index (χ4n) is 4.25. The molecule has 10 nitrogen and oxygen atoms in total. The van der Waals surface area contributed by atoms with Gasteiger partial charge < -0.3 is 14.2 Å². The van der Waals surface area contributed by atoms with Crippen LogP contribution in [0.5, 0.6) is 17.2 Å². The molecule has 3 aromatic rings. The Balaban J connectivity index is 1.84. The molecule has 0 unspecified atom stereocenters. The molecule has 0 aliphatic carbocycles. The number of halogens is 1. The number of hydrogen-bond donors (Lipinski definition) is 0. The van der Waals surface area contributed by atoms with Crippen LogP contribution in [0, 0.1) is 15.9 Å². The van der Waals surface area contributed by atoms with Gasteiger partial charge in [0.05, 0.1) is 31.1 Å². The topological polar surface area (TPSA) is 125 Å². The third-order valence-electron chi connectivity index (χ3n) is 6.18. The van der Waals surface area contributed by atoms with Gasteiger partial charge in [0.2, 0.25) is 15.8 Å². The second kappa shape index (κ2) is 11.7. The molecule has 4 rings (SSSR count). The molecule has 1 fully saturated rings. The quantitative estimate of drug-likeness (QED) is 0.221. The lowest BCUT2D eigenvalue weighted by Gasteiger charge is -2.29. The van der Waals surface area contributed by atoms with Gasteiger partial charge in [0.25, 0.3) is 5.69 Å². The number of nitro benzene ring substituents is 1. The van der Waals surface area contributed by atoms with E-state index in [4.69, 9.17) is 14.2 Å². The van der Waals surface area contributed by atoms with Crippen LogP contribution in [-0.4, -0.2) is 57.8 Å². The number of piperidine rings is 1. The molecule has 208 valence electrons. The van der Waals surface area contributed by atoms with Crippen LogP contribution in [0.1, 0.15) is 11.1 Å². The summed E-state index contributed by atoms with van der Waals surface area (Å²) in [6.45, 7) is -0.574. The van der Waals surface area contributed by atoms with Crippen molar-refractivity contribution in [2.75, 3.05) is 34.4 Å². The summed E-state index contributed by atoms with van der Waals surface area (Å²) in [6.07, 6.45) is 2.94. The SMILES string of the molecule is COc1cc(C=C2CN(S(=O)(=O)c3ccc(F)cc3)CC(=Cc3cccc([N+](=O)[O-])c3)C2=O)cc(OC)c1OC. The third kappa shape index (κ3) is 5.87. The average Bonchev–Trinajstić information content (AvgIpc) is 2.94. The molecule has 40 heavy (non-hydrogen) atoms. The van der Waals surface area contributed by atoms with Crippen molar-refractivity contribution in [3.8, 4) is 17.2 Å². The summed E-state index contributed by atoms with van der Waals surface area (Å²) in [6, 6.07) is 13.2. The zero-order valence-electron chi connectivity index (χ0n) is 21.8. The number of carbonyl (C=O) groups is 1. The van der Waals surface area contributed by atoms with Crippen molar-refractivity contribution >= 4 is 33.6 Å². The molecule has 0 amide bonds. The largest absolute Gasteiger partial charge is 0.493 e. The van der Waals surface area contributed by atoms with Gasteiger partial charge in [0, 0.05) is 36.4 Å². The second-order valence-corrected chi connectivity index (χ2v) is 10.6. The van der Waals surface area contributed by atoms with Gasteiger partial charge in [0.1, 0.15) is 5.82 Å². The van der Waals surface area contributed by atoms with E-state index >= 15 is 0 Å². The monoisotopic (exact) mass is 568 g/mol. The molecule has 0 spiro atoms. The zero-order valence-corrected chi connectivity index (χ0v) is 22.6. The highest BCUT2D eigenvalue weighted by Gasteiger charge is 2.34. The highest BCUT2D eigenvalue weighted by atomic mass is 32.2. The Morgan fingerprint density at radius 3 is 1.98 bits per heavy atom. The second-order valence-electron chi connectivity index (χ2n) is 8.71. The Hall–Kier alpha value is -4.55. The molecule has 0 radical (unpaired) electrons. The summed E-state index contributed by atoms with van der Waals surface area (Å²) in [4.78, 5) is 24.1. The summed E-state index contributed by atoms with van der Waals surface area (Å²) in [5, 5.41) is 11.2. The first-order valence-corrected chi connectivity index (χ1v) is 13.3. The first-order chi connectivity index (χ1) is 19.1. The Morgan fingerprint density at radius 1 is 0.875 bits per heavy atom. The van der Waals surface area contributed by atoms with Crippen LogP contribution in [0.15, 0.2) is 76.7 Å². The number of carbonyl (C=O) groups excluding carboxylic acids is 1. The van der Waals surface area contributed by atoms with Crippen LogP contribution < -0.4 is 14.2 Å². The van der Waals surface area contributed by atoms with Crippen LogP contribution in [-0.2, 0) is 14.8 Å². The van der Waals surface area contributed by atoms with Crippen LogP contribution in [0.4, 0.5) is 10.1 Å². The predicted molar refractivity (Wildman–Crippen MR) is 145 cm³/mol. The molecule has 1 aliphatic rings. The van der Waals surface area contributed by atoms with E-state index in [0.717, 1.165) is 28.6 Å². The summed E-state index contributed by atoms with van der Waals surface area (Å²) in [5.41, 5.74) is 0.875. The number of ether oxygens (including phenoxy) is 3. The lowest BCUT2D eigenvalue weighted by atomic mass is 9.95. The maximum absolute atomic E-state index is 13.6. The van der Waals surface area contributed by atoms with Crippen molar-refractivity contribution in [1.29, 1.82) is 0 Å². The molecule has 3 aromatic carbocycles. The van der Waals surface area contributed by atoms with Crippen LogP contribution in [0.3, 0.4) is 0 Å². The number of Topliss-reactive ketones (excluding diaryl/α,β-unsaturated/α-hetero) is 1. The number of rotatable bonds is 8. The maximum Gasteiger partial charge on any atom is 0.270 e. The fraction of sp³-hybridized carbons (Fsp3) is 0.179. The van der Waals surface area contributed by atoms with Gasteiger partial charge in [-0.15, -0.1) is 0 Å². The Labute approximate surface area is 230 Å². The minimum absolute atomic E-state index is 0.0936. The maximum atomic E-state index is 13.6. The zero-order chi connectivity index (χ0) is 29.0. The molecule has 12 heteroatoms. The highest BCUT2D eigenvalue weighted by molar-refractivity contribution is 7.89. The first-order valence-electron chi connectivity index (χ1n) is 11.8. The van der Waals surface area contributed by atoms with Gasteiger partial charge in [0.15, 0.2) is 17.3 Å². The number of non-ortho nitro benzene ring substituents is 1. The molecule has 0 bridgehead atoms. The van der Waals surface area contributed by atoms with Crippen LogP contribution in [0.2, 0.25) is 0 Å². The van der Waals surface area contributed by atoms with E-state index in [0.29, 0.717) is 28.4 Å². The van der Waals surface area contributed by atoms with Gasteiger partial charge in [-0.2, -0.15) is 4.31 Å². The van der Waals surface area contributed by atoms with Crippen LogP contribution in [0.25, 0.3) is 12.2 Å². The van der Waals surface area contributed by atoms with E-state index in [9.17, 15) is 27.7 Å². The lowest BCUT2D eigenvalue weighted by Crippen LogP contribution is -2.41. The number of nitro groups is 1. The Bertz CT molecular complexity index is 1610. The number of sulfonamides is 1. The minimum Gasteiger partial charge on any atom is -0.493 e. The summed E-state index contributed by atoms with van der Waals surface area (Å²) >= 11 is 0. The van der Waals surface area contributed by atoms with E-state index in [1.54, 1.807) is 18.2 Å². The molecule has 0 atom stereocenters. The van der Waals surface area contributed by atoms with Crippen molar-refractivity contribution in [3.63, 3.8) is 0 Å². The van der Waals surface area contributed by atoms with Gasteiger partial charge in [-0.1, -0.05) is 12.1 Å². The summed E-state index contributed by atoms with van der Waals surface area (Å²) < 4.78 is 57.7. The average molecular weight is 569 g/mol. The first kappa shape index (κ1) is 28.5. The summed E-state index contributed by atoms with van der Waals surface area (Å²) in [5.74, 6) is -0.0260. The predicted octanol–water partition coefficient (Wildman–Crippen LogP) is 4.50. The number of nitrogens with zero attached hydrogens (tertiary/aromatic N) is 2. The van der Waals surface area contributed by atoms with E-state index in [2.05, 4.69) is 0 Å². The number of hydrogen-bond acceptors (Lipinski definition) is 8. The molecule has 0 aromatic heterocycles. The van der Waals surface area contributed by atoms with Crippen molar-refractivity contribution < 1.29 is 36.7 Å². The minimum atomic E-state index is -4.16. The fourth-order valence-corrected chi connectivity index (χ4v) is 5.65. The molecule has 1 saturated heterocycles. The molecule has 0 N–H and O–H groups in total. The van der Waals surface area contributed by atoms with Crippen molar-refractivity contribution in [2.45, 2.75) is 4.90 Å². The van der Waals surface area contributed by atoms with E-state index in [1.807, 2.05) is 0 Å². The normalized spacial score (nSPS) is 16.2. The molecule has 1 aliphatic heterocycles. The molecular weight excluding hydrogens is 543 g/mol. The van der Waals surface area contributed by atoms with Gasteiger partial charge >= 0.3 is 0 Å². The van der Waals surface area contributed by atoms with Crippen molar-refractivity contribution in [1.82, 2.24) is 4.31 Å². The Morgan fingerprint density at radius 2 is 1.45 bits per heavy atom. The molecule has 1 heterocycles. The highest BCUT2D eigenvalue weighted by Crippen LogP contribution is 2.39. The summed E-state index contributed by atoms with van der Waals surface area (Å²) in [7, 11) is 0.178. The van der Waals surface area contributed by atoms with E-state index < -0.39 is 26.5 Å². The number of benzene rings is 3. The van der Waals surface area contributed by atoms with E-state index in [1.165, 1.54) is 51.7 Å². The van der Waals surface area contributed by atoms with Crippen molar-refractivity contribution in [3.05, 3.63) is 98.9 Å². The number of ketones is 1. The van der Waals surface area contributed by atoms with Gasteiger partial charge in [-0.05, 0) is 59.7 Å². The third-order valence-corrected chi connectivity index (χ3v) is 7.98. The standard InChI is InChI=1S/C28H25FN2O8S/c1-37-25-14-19(15-26(38-2)28(25)39-3)12-21-17-30(40(35,36)24-9-7-22(29)8-10-24)16-20(27(21)32)11-18-5-4-6-23(13-18)31(33)34/h4-15H,16-17H2,1-3H3. The Kier molecular flexibility index (Phi) is 8.31. The van der Waals surface area contributed by atoms with E-state index in [-0.39, 0.29) is 34.8 Å². The molecule has 0 saturated carbocycles. The van der Waals surface area contributed by atoms with Crippen LogP contribution >= 0.6 is 0 Å².